The molecule has 3 nitrogen and oxygen atoms in total. The molecule has 0 aliphatic heterocycles. The summed E-state index contributed by atoms with van der Waals surface area (Å²) in [6.45, 7) is 1.89. The van der Waals surface area contributed by atoms with Gasteiger partial charge in [-0.1, -0.05) is 0 Å². The monoisotopic (exact) mass is 207 g/mol. The maximum absolute atomic E-state index is 11.1. The Kier molecular flexibility index (Phi) is 2.31. The first-order valence-corrected chi connectivity index (χ1v) is 5.24. The molecule has 4 heteroatoms. The molecule has 1 N–H and O–H groups in total. The van der Waals surface area contributed by atoms with E-state index in [9.17, 15) is 4.21 Å². The van der Waals surface area contributed by atoms with Gasteiger partial charge in [-0.3, -0.25) is 4.98 Å². The van der Waals surface area contributed by atoms with E-state index in [2.05, 4.69) is 4.98 Å². The van der Waals surface area contributed by atoms with Crippen molar-refractivity contribution in [2.45, 2.75) is 11.8 Å². The van der Waals surface area contributed by atoms with Gasteiger partial charge in [0.1, 0.15) is 0 Å². The number of hydrogen-bond acceptors (Lipinski definition) is 2. The van der Waals surface area contributed by atoms with E-state index in [1.807, 2.05) is 13.0 Å². The summed E-state index contributed by atoms with van der Waals surface area (Å²) in [6.07, 6.45) is 3.31. The van der Waals surface area contributed by atoms with E-state index in [0.29, 0.717) is 4.90 Å². The van der Waals surface area contributed by atoms with E-state index in [-0.39, 0.29) is 0 Å². The fraction of sp³-hybridized carbons (Fsp3) is 0.100. The zero-order valence-corrected chi connectivity index (χ0v) is 8.41. The number of aryl methyl sites for hydroxylation is 1. The third kappa shape index (κ3) is 1.54. The van der Waals surface area contributed by atoms with Gasteiger partial charge in [0.2, 0.25) is 0 Å². The second-order valence-electron chi connectivity index (χ2n) is 3.11. The van der Waals surface area contributed by atoms with Crippen molar-refractivity contribution < 1.29 is 8.76 Å². The molecular weight excluding hydrogens is 198 g/mol. The lowest BCUT2D eigenvalue weighted by molar-refractivity contribution is 0.565. The summed E-state index contributed by atoms with van der Waals surface area (Å²) < 4.78 is 20.2. The number of rotatable bonds is 1. The van der Waals surface area contributed by atoms with Gasteiger partial charge in [0.15, 0.2) is 11.1 Å². The highest BCUT2D eigenvalue weighted by molar-refractivity contribution is 7.79. The fourth-order valence-corrected chi connectivity index (χ4v) is 2.12. The highest BCUT2D eigenvalue weighted by atomic mass is 32.2. The maximum atomic E-state index is 11.1. The zero-order valence-electron chi connectivity index (χ0n) is 7.60. The number of benzene rings is 1. The molecule has 1 aromatic heterocycles. The third-order valence-electron chi connectivity index (χ3n) is 2.05. The van der Waals surface area contributed by atoms with Crippen LogP contribution in [0, 0.1) is 6.92 Å². The molecule has 0 aliphatic carbocycles. The van der Waals surface area contributed by atoms with Gasteiger partial charge in [-0.2, -0.15) is 0 Å². The lowest BCUT2D eigenvalue weighted by Crippen LogP contribution is -1.91. The van der Waals surface area contributed by atoms with E-state index in [1.165, 1.54) is 0 Å². The van der Waals surface area contributed by atoms with E-state index in [0.717, 1.165) is 16.3 Å². The summed E-state index contributed by atoms with van der Waals surface area (Å²) in [7, 11) is 0. The molecule has 0 fully saturated rings. The Morgan fingerprint density at radius 2 is 2.21 bits per heavy atom. The lowest BCUT2D eigenvalue weighted by Gasteiger charge is -2.03. The van der Waals surface area contributed by atoms with E-state index >= 15 is 0 Å². The molecule has 1 aromatic carbocycles. The van der Waals surface area contributed by atoms with E-state index in [4.69, 9.17) is 4.55 Å². The van der Waals surface area contributed by atoms with Crippen LogP contribution < -0.4 is 0 Å². The van der Waals surface area contributed by atoms with Crippen LogP contribution in [0.3, 0.4) is 0 Å². The standard InChI is InChI=1S/C10H9NO2S/c1-7-4-8-6-11-3-2-9(8)10(5-7)14(12)13/h2-6H,1H3,(H,12,13). The molecule has 0 saturated carbocycles. The van der Waals surface area contributed by atoms with Gasteiger partial charge in [-0.15, -0.1) is 0 Å². The van der Waals surface area contributed by atoms with Crippen molar-refractivity contribution in [3.05, 3.63) is 36.2 Å². The van der Waals surface area contributed by atoms with Crippen molar-refractivity contribution in [2.75, 3.05) is 0 Å². The Hall–Kier alpha value is -1.26. The first kappa shape index (κ1) is 9.30. The van der Waals surface area contributed by atoms with Gasteiger partial charge >= 0.3 is 0 Å². The van der Waals surface area contributed by atoms with Crippen LogP contribution in [0.4, 0.5) is 0 Å². The predicted molar refractivity (Wildman–Crippen MR) is 55.5 cm³/mol. The molecular formula is C10H9NO2S. The van der Waals surface area contributed by atoms with Crippen molar-refractivity contribution in [1.82, 2.24) is 4.98 Å². The van der Waals surface area contributed by atoms with Gasteiger partial charge in [-0.25, -0.2) is 4.21 Å². The fourth-order valence-electron chi connectivity index (χ4n) is 1.46. The normalized spacial score (nSPS) is 13.0. The molecule has 0 radical (unpaired) electrons. The summed E-state index contributed by atoms with van der Waals surface area (Å²) in [5, 5.41) is 1.68. The molecule has 0 spiro atoms. The Morgan fingerprint density at radius 1 is 1.43 bits per heavy atom. The Labute approximate surface area is 84.1 Å². The number of nitrogens with zero attached hydrogens (tertiary/aromatic N) is 1. The van der Waals surface area contributed by atoms with Crippen LogP contribution in [0.5, 0.6) is 0 Å². The second-order valence-corrected chi connectivity index (χ2v) is 4.05. The minimum Gasteiger partial charge on any atom is -0.302 e. The molecule has 0 bridgehead atoms. The lowest BCUT2D eigenvalue weighted by atomic mass is 10.1. The number of pyridine rings is 1. The first-order chi connectivity index (χ1) is 6.68. The number of fused-ring (bicyclic) bond motifs is 1. The second kappa shape index (κ2) is 3.48. The molecule has 2 aromatic rings. The van der Waals surface area contributed by atoms with Crippen LogP contribution in [-0.2, 0) is 11.1 Å². The van der Waals surface area contributed by atoms with Gasteiger partial charge in [-0.05, 0) is 30.7 Å². The third-order valence-corrected chi connectivity index (χ3v) is 2.76. The molecule has 14 heavy (non-hydrogen) atoms. The van der Waals surface area contributed by atoms with Gasteiger partial charge in [0.25, 0.3) is 0 Å². The minimum absolute atomic E-state index is 0.447. The van der Waals surface area contributed by atoms with Crippen molar-refractivity contribution in [2.24, 2.45) is 0 Å². The molecule has 2 rings (SSSR count). The quantitative estimate of drug-likeness (QED) is 0.729. The molecule has 1 heterocycles. The Bertz CT molecular complexity index is 510. The van der Waals surface area contributed by atoms with Crippen LogP contribution in [-0.4, -0.2) is 13.7 Å². The van der Waals surface area contributed by atoms with Crippen molar-refractivity contribution >= 4 is 21.9 Å². The molecule has 1 atom stereocenters. The summed E-state index contributed by atoms with van der Waals surface area (Å²) in [4.78, 5) is 4.42. The van der Waals surface area contributed by atoms with Crippen LogP contribution >= 0.6 is 0 Å². The van der Waals surface area contributed by atoms with Gasteiger partial charge in [0, 0.05) is 23.2 Å². The summed E-state index contributed by atoms with van der Waals surface area (Å²) in [5.41, 5.74) is 0.961. The first-order valence-electron chi connectivity index (χ1n) is 4.14. The van der Waals surface area contributed by atoms with Crippen LogP contribution in [0.2, 0.25) is 0 Å². The molecule has 1 unspecified atom stereocenters. The van der Waals surface area contributed by atoms with Gasteiger partial charge in [0.05, 0.1) is 4.90 Å². The highest BCUT2D eigenvalue weighted by Crippen LogP contribution is 2.21. The van der Waals surface area contributed by atoms with Gasteiger partial charge < -0.3 is 4.55 Å². The van der Waals surface area contributed by atoms with Crippen LogP contribution in [0.25, 0.3) is 10.8 Å². The van der Waals surface area contributed by atoms with Crippen molar-refractivity contribution in [1.29, 1.82) is 0 Å². The topological polar surface area (TPSA) is 50.2 Å². The maximum Gasteiger partial charge on any atom is 0.187 e. The summed E-state index contributed by atoms with van der Waals surface area (Å²) >= 11 is -1.94. The largest absolute Gasteiger partial charge is 0.302 e. The predicted octanol–water partition coefficient (Wildman–Crippen LogP) is 2.12. The minimum atomic E-state index is -1.94. The Balaban J connectivity index is 2.87. The van der Waals surface area contributed by atoms with Crippen molar-refractivity contribution in [3.63, 3.8) is 0 Å². The molecule has 72 valence electrons. The molecule has 0 amide bonds. The molecule has 0 aliphatic rings. The molecule has 0 saturated heterocycles. The van der Waals surface area contributed by atoms with E-state index < -0.39 is 11.1 Å². The van der Waals surface area contributed by atoms with E-state index in [1.54, 1.807) is 24.5 Å². The number of aromatic nitrogens is 1. The smallest absolute Gasteiger partial charge is 0.187 e. The number of hydrogen-bond donors (Lipinski definition) is 1. The average molecular weight is 207 g/mol. The highest BCUT2D eigenvalue weighted by Gasteiger charge is 2.06. The van der Waals surface area contributed by atoms with Crippen LogP contribution in [0.15, 0.2) is 35.5 Å². The Morgan fingerprint density at radius 3 is 2.93 bits per heavy atom. The van der Waals surface area contributed by atoms with Crippen LogP contribution in [0.1, 0.15) is 5.56 Å². The summed E-state index contributed by atoms with van der Waals surface area (Å²) in [6, 6.07) is 5.41. The van der Waals surface area contributed by atoms with Crippen molar-refractivity contribution in [3.8, 4) is 0 Å². The zero-order chi connectivity index (χ0) is 10.1. The summed E-state index contributed by atoms with van der Waals surface area (Å²) in [5.74, 6) is 0. The SMILES string of the molecule is Cc1cc(S(=O)O)c2ccncc2c1. The average Bonchev–Trinajstić information content (AvgIpc) is 2.16.